The number of pyridine rings is 1. The summed E-state index contributed by atoms with van der Waals surface area (Å²) in [5.74, 6) is 0. The van der Waals surface area contributed by atoms with E-state index in [4.69, 9.17) is 0 Å². The Balaban J connectivity index is 2.07. The maximum atomic E-state index is 2.43. The van der Waals surface area contributed by atoms with Crippen LogP contribution < -0.4 is 9.75 Å². The Labute approximate surface area is 169 Å². The fourth-order valence-corrected chi connectivity index (χ4v) is 5.65. The number of nitrogens with zero attached hydrogens (tertiary/aromatic N) is 1. The number of fused-ring (bicyclic) bond motifs is 1. The number of rotatable bonds is 3. The second-order valence-corrected chi connectivity index (χ2v) is 13.7. The molecule has 0 fully saturated rings. The van der Waals surface area contributed by atoms with Crippen molar-refractivity contribution < 1.29 is 4.57 Å². The molecule has 28 heavy (non-hydrogen) atoms. The van der Waals surface area contributed by atoms with Gasteiger partial charge in [0.1, 0.15) is 7.05 Å². The Morgan fingerprint density at radius 3 is 2.11 bits per heavy atom. The molecule has 0 unspecified atom stereocenters. The average Bonchev–Trinajstić information content (AvgIpc) is 2.67. The van der Waals surface area contributed by atoms with Gasteiger partial charge in [0.2, 0.25) is 5.69 Å². The van der Waals surface area contributed by atoms with Crippen LogP contribution in [0.2, 0.25) is 19.6 Å². The highest BCUT2D eigenvalue weighted by atomic mass is 28.3. The maximum absolute atomic E-state index is 2.43. The zero-order valence-corrected chi connectivity index (χ0v) is 18.5. The molecule has 1 heterocycles. The van der Waals surface area contributed by atoms with E-state index in [0.29, 0.717) is 0 Å². The zero-order valence-electron chi connectivity index (χ0n) is 17.5. The van der Waals surface area contributed by atoms with Gasteiger partial charge in [0, 0.05) is 16.8 Å². The maximum Gasteiger partial charge on any atom is 0.213 e. The van der Waals surface area contributed by atoms with Gasteiger partial charge in [-0.3, -0.25) is 0 Å². The van der Waals surface area contributed by atoms with Gasteiger partial charge in [-0.2, -0.15) is 0 Å². The van der Waals surface area contributed by atoms with Gasteiger partial charge in [0.15, 0.2) is 6.20 Å². The second kappa shape index (κ2) is 7.03. The Kier molecular flexibility index (Phi) is 4.68. The fourth-order valence-electron chi connectivity index (χ4n) is 4.06. The van der Waals surface area contributed by atoms with Gasteiger partial charge in [-0.25, -0.2) is 4.57 Å². The quantitative estimate of drug-likeness (QED) is 0.309. The van der Waals surface area contributed by atoms with Crippen LogP contribution in [0.25, 0.3) is 33.2 Å². The van der Waals surface area contributed by atoms with Crippen LogP contribution in [0, 0.1) is 6.92 Å². The number of aromatic nitrogens is 1. The van der Waals surface area contributed by atoms with Crippen molar-refractivity contribution in [2.45, 2.75) is 26.6 Å². The molecule has 4 rings (SSSR count). The number of hydrogen-bond donors (Lipinski definition) is 0. The van der Waals surface area contributed by atoms with Crippen LogP contribution in [0.15, 0.2) is 79.0 Å². The summed E-state index contributed by atoms with van der Waals surface area (Å²) in [6.45, 7) is 9.50. The standard InChI is InChI=1S/C26H28NSi/c1-19-11-6-8-14-21(19)25-17-24(26(18-27(25)2)28(3,4)5)23-16-10-13-20-12-7-9-15-22(20)23/h6-18H,1-5H3/q+1. The van der Waals surface area contributed by atoms with E-state index in [1.54, 1.807) is 0 Å². The highest BCUT2D eigenvalue weighted by Crippen LogP contribution is 2.31. The smallest absolute Gasteiger partial charge is 0.201 e. The van der Waals surface area contributed by atoms with Crippen molar-refractivity contribution in [3.05, 3.63) is 84.6 Å². The van der Waals surface area contributed by atoms with Gasteiger partial charge in [-0.1, -0.05) is 80.3 Å². The average molecular weight is 383 g/mol. The first-order chi connectivity index (χ1) is 13.4. The first-order valence-corrected chi connectivity index (χ1v) is 13.4. The lowest BCUT2D eigenvalue weighted by Gasteiger charge is -2.21. The van der Waals surface area contributed by atoms with Crippen molar-refractivity contribution in [3.63, 3.8) is 0 Å². The molecular formula is C26H28NSi+. The topological polar surface area (TPSA) is 3.88 Å². The normalized spacial score (nSPS) is 11.8. The number of hydrogen-bond acceptors (Lipinski definition) is 0. The van der Waals surface area contributed by atoms with Crippen molar-refractivity contribution in [1.82, 2.24) is 0 Å². The van der Waals surface area contributed by atoms with E-state index in [2.05, 4.69) is 117 Å². The third-order valence-electron chi connectivity index (χ3n) is 5.58. The van der Waals surface area contributed by atoms with E-state index >= 15 is 0 Å². The molecule has 2 heteroatoms. The largest absolute Gasteiger partial charge is 0.213 e. The number of benzene rings is 3. The molecule has 1 aromatic heterocycles. The molecule has 0 radical (unpaired) electrons. The molecule has 1 nitrogen and oxygen atoms in total. The molecule has 0 spiro atoms. The molecule has 0 aliphatic rings. The predicted octanol–water partition coefficient (Wildman–Crippen LogP) is 5.85. The van der Waals surface area contributed by atoms with Crippen molar-refractivity contribution in [1.29, 1.82) is 0 Å². The van der Waals surface area contributed by atoms with Crippen LogP contribution in [0.4, 0.5) is 0 Å². The molecule has 0 N–H and O–H groups in total. The van der Waals surface area contributed by atoms with Gasteiger partial charge < -0.3 is 0 Å². The minimum absolute atomic E-state index is 1.27. The number of aryl methyl sites for hydroxylation is 2. The minimum Gasteiger partial charge on any atom is -0.201 e. The molecule has 0 saturated heterocycles. The first-order valence-electron chi connectivity index (χ1n) is 9.94. The predicted molar refractivity (Wildman–Crippen MR) is 124 cm³/mol. The summed E-state index contributed by atoms with van der Waals surface area (Å²) in [5, 5.41) is 4.13. The highest BCUT2D eigenvalue weighted by Gasteiger charge is 2.27. The monoisotopic (exact) mass is 382 g/mol. The molecule has 0 aliphatic heterocycles. The van der Waals surface area contributed by atoms with Gasteiger partial charge in [-0.05, 0) is 40.5 Å². The van der Waals surface area contributed by atoms with Gasteiger partial charge in [0.25, 0.3) is 0 Å². The lowest BCUT2D eigenvalue weighted by molar-refractivity contribution is -0.659. The van der Waals surface area contributed by atoms with E-state index < -0.39 is 8.07 Å². The second-order valence-electron chi connectivity index (χ2n) is 8.69. The Bertz CT molecular complexity index is 1160. The lowest BCUT2D eigenvalue weighted by atomic mass is 9.96. The molecule has 0 aliphatic carbocycles. The SMILES string of the molecule is Cc1ccccc1-c1cc(-c2cccc3ccccc23)c([Si](C)(C)C)c[n+]1C. The summed E-state index contributed by atoms with van der Waals surface area (Å²) in [7, 11) is 0.641. The fraction of sp³-hybridized carbons (Fsp3) is 0.192. The molecule has 3 aromatic carbocycles. The Morgan fingerprint density at radius 1 is 0.714 bits per heavy atom. The molecule has 4 aromatic rings. The van der Waals surface area contributed by atoms with Gasteiger partial charge >= 0.3 is 0 Å². The molecular weight excluding hydrogens is 354 g/mol. The van der Waals surface area contributed by atoms with Crippen molar-refractivity contribution in [3.8, 4) is 22.4 Å². The van der Waals surface area contributed by atoms with Crippen LogP contribution in [-0.2, 0) is 7.05 Å². The summed E-state index contributed by atoms with van der Waals surface area (Å²) < 4.78 is 2.31. The summed E-state index contributed by atoms with van der Waals surface area (Å²) >= 11 is 0. The van der Waals surface area contributed by atoms with E-state index in [9.17, 15) is 0 Å². The van der Waals surface area contributed by atoms with E-state index in [0.717, 1.165) is 0 Å². The van der Waals surface area contributed by atoms with Gasteiger partial charge in [-0.15, -0.1) is 0 Å². The van der Waals surface area contributed by atoms with Crippen molar-refractivity contribution >= 4 is 24.0 Å². The van der Waals surface area contributed by atoms with E-state index in [1.165, 1.54) is 43.9 Å². The Hall–Kier alpha value is -2.71. The third kappa shape index (κ3) is 3.29. The van der Waals surface area contributed by atoms with Crippen molar-refractivity contribution in [2.75, 3.05) is 0 Å². The lowest BCUT2D eigenvalue weighted by Crippen LogP contribution is -2.46. The van der Waals surface area contributed by atoms with Crippen LogP contribution >= 0.6 is 0 Å². The Morgan fingerprint density at radius 2 is 1.36 bits per heavy atom. The zero-order chi connectivity index (χ0) is 19.9. The molecule has 0 atom stereocenters. The van der Waals surface area contributed by atoms with Crippen LogP contribution in [0.3, 0.4) is 0 Å². The highest BCUT2D eigenvalue weighted by molar-refractivity contribution is 6.89. The molecule has 0 amide bonds. The van der Waals surface area contributed by atoms with Crippen LogP contribution in [0.1, 0.15) is 5.56 Å². The minimum atomic E-state index is -1.54. The summed E-state index contributed by atoms with van der Waals surface area (Å²) in [5.41, 5.74) is 6.60. The molecule has 140 valence electrons. The van der Waals surface area contributed by atoms with Crippen LogP contribution in [0.5, 0.6) is 0 Å². The summed E-state index contributed by atoms with van der Waals surface area (Å²) in [6.07, 6.45) is 2.38. The summed E-state index contributed by atoms with van der Waals surface area (Å²) in [4.78, 5) is 0. The van der Waals surface area contributed by atoms with E-state index in [-0.39, 0.29) is 0 Å². The van der Waals surface area contributed by atoms with Gasteiger partial charge in [0.05, 0.1) is 8.07 Å². The van der Waals surface area contributed by atoms with E-state index in [1.807, 2.05) is 0 Å². The third-order valence-corrected chi connectivity index (χ3v) is 7.60. The molecule has 0 bridgehead atoms. The molecule has 0 saturated carbocycles. The summed E-state index contributed by atoms with van der Waals surface area (Å²) in [6, 6.07) is 26.5. The van der Waals surface area contributed by atoms with Crippen molar-refractivity contribution in [2.24, 2.45) is 7.05 Å². The van der Waals surface area contributed by atoms with Crippen LogP contribution in [-0.4, -0.2) is 8.07 Å². The first kappa shape index (κ1) is 18.6.